The minimum atomic E-state index is -3.51. The molecule has 67 heavy (non-hydrogen) atoms. The summed E-state index contributed by atoms with van der Waals surface area (Å²) < 4.78 is 111. The van der Waals surface area contributed by atoms with E-state index in [4.69, 9.17) is 47.3 Å². The molecule has 0 spiro atoms. The number of carbonyl (C=O) groups is 4. The number of carboxylic acid groups (broad SMARTS) is 1. The minimum Gasteiger partial charge on any atom is -0.479 e. The van der Waals surface area contributed by atoms with Gasteiger partial charge in [-0.2, -0.15) is 0 Å². The molecule has 2 aliphatic rings. The van der Waals surface area contributed by atoms with Crippen molar-refractivity contribution in [3.63, 3.8) is 0 Å². The third-order valence-corrected chi connectivity index (χ3v) is 10.4. The lowest BCUT2D eigenvalue weighted by atomic mass is 10.2. The molecule has 1 N–H and O–H groups in total. The number of hydrogen-bond donors (Lipinski definition) is 1. The highest BCUT2D eigenvalue weighted by Gasteiger charge is 2.56. The molecule has 2 aliphatic carbocycles. The molecule has 360 valence electrons. The van der Waals surface area contributed by atoms with Gasteiger partial charge in [0.15, 0.2) is 13.2 Å². The Hall–Kier alpha value is -6.82. The average molecular weight is 994 g/mol. The standard InChI is InChI=1S/C22H20ClF3N2O7.C19H16ClF3N2O7/c1-4-7-33-18(30)11-34-19(31)22(5-6-22)35-15-9-14(13(24)8-12(15)23)28-17(29)10-16(21(2,25)26)27(3)20(28)32;1-18(22,23)13-7-14(26)25(17(30)24(13)2)11-6-12(9(20)5-10(11)21)32-19(3-4-19)16(29)31-8-15(27)28/h4,8-10H,1,5-7,11H2,2-3H3;5-7H,3-4,8H2,1-2H3,(H,27,28). The molecule has 6 rings (SSSR count). The monoisotopic (exact) mass is 992 g/mol. The van der Waals surface area contributed by atoms with Gasteiger partial charge in [0, 0.05) is 77.9 Å². The molecule has 2 fully saturated rings. The summed E-state index contributed by atoms with van der Waals surface area (Å²) in [6.45, 7) is 2.74. The van der Waals surface area contributed by atoms with E-state index in [1.807, 2.05) is 0 Å². The summed E-state index contributed by atoms with van der Waals surface area (Å²) in [7, 11) is 2.00. The first kappa shape index (κ1) is 51.2. The molecule has 4 aromatic rings. The van der Waals surface area contributed by atoms with Crippen LogP contribution in [-0.2, 0) is 59.3 Å². The number of aromatic nitrogens is 4. The van der Waals surface area contributed by atoms with Gasteiger partial charge in [0.25, 0.3) is 23.0 Å². The molecule has 0 aliphatic heterocycles. The van der Waals surface area contributed by atoms with Crippen LogP contribution in [0.15, 0.2) is 68.2 Å². The maximum atomic E-state index is 14.7. The molecule has 0 amide bonds. The maximum absolute atomic E-state index is 14.7. The Bertz CT molecular complexity index is 2930. The van der Waals surface area contributed by atoms with Crippen LogP contribution in [0.1, 0.15) is 50.9 Å². The Kier molecular flexibility index (Phi) is 14.7. The minimum absolute atomic E-state index is 0.0678. The maximum Gasteiger partial charge on any atom is 0.351 e. The smallest absolute Gasteiger partial charge is 0.351 e. The Morgan fingerprint density at radius 2 is 1.06 bits per heavy atom. The topological polar surface area (TPSA) is 223 Å². The van der Waals surface area contributed by atoms with Crippen LogP contribution in [0.2, 0.25) is 10.0 Å². The van der Waals surface area contributed by atoms with Crippen molar-refractivity contribution in [2.75, 3.05) is 19.8 Å². The van der Waals surface area contributed by atoms with Crippen LogP contribution in [-0.4, -0.2) is 78.3 Å². The van der Waals surface area contributed by atoms with E-state index in [0.717, 1.165) is 38.4 Å². The summed E-state index contributed by atoms with van der Waals surface area (Å²) in [5, 5.41) is 8.02. The number of hydrogen-bond acceptors (Lipinski definition) is 13. The average Bonchev–Trinajstić information content (AvgIpc) is 4.18. The van der Waals surface area contributed by atoms with Crippen molar-refractivity contribution in [3.8, 4) is 22.9 Å². The molecule has 0 bridgehead atoms. The molecule has 2 aromatic carbocycles. The van der Waals surface area contributed by atoms with Crippen LogP contribution in [0.3, 0.4) is 0 Å². The second-order valence-electron chi connectivity index (χ2n) is 15.0. The zero-order valence-electron chi connectivity index (χ0n) is 35.3. The number of nitrogens with zero attached hydrogens (tertiary/aromatic N) is 4. The number of alkyl halides is 4. The van der Waals surface area contributed by atoms with Crippen molar-refractivity contribution in [1.29, 1.82) is 0 Å². The number of carboxylic acids is 1. The first-order valence-corrected chi connectivity index (χ1v) is 20.0. The highest BCUT2D eigenvalue weighted by molar-refractivity contribution is 6.32. The summed E-state index contributed by atoms with van der Waals surface area (Å²) >= 11 is 12.0. The van der Waals surface area contributed by atoms with E-state index in [-0.39, 0.29) is 53.8 Å². The molecule has 0 radical (unpaired) electrons. The van der Waals surface area contributed by atoms with Crippen molar-refractivity contribution in [2.24, 2.45) is 14.1 Å². The van der Waals surface area contributed by atoms with Crippen molar-refractivity contribution in [2.45, 2.75) is 62.6 Å². The Morgan fingerprint density at radius 3 is 1.39 bits per heavy atom. The number of benzene rings is 2. The zero-order valence-corrected chi connectivity index (χ0v) is 36.8. The molecular formula is C41H36Cl2F6N4O14. The van der Waals surface area contributed by atoms with Gasteiger partial charge in [-0.25, -0.2) is 64.2 Å². The molecule has 2 aromatic heterocycles. The van der Waals surface area contributed by atoms with Crippen molar-refractivity contribution < 1.29 is 74.3 Å². The van der Waals surface area contributed by atoms with Crippen LogP contribution in [0.5, 0.6) is 11.5 Å². The van der Waals surface area contributed by atoms with Gasteiger partial charge < -0.3 is 28.8 Å². The molecule has 2 heterocycles. The number of carbonyl (C=O) groups excluding carboxylic acids is 3. The fraction of sp³-hybridized carbons (Fsp3) is 0.366. The quantitative estimate of drug-likeness (QED) is 0.0702. The fourth-order valence-corrected chi connectivity index (χ4v) is 6.50. The van der Waals surface area contributed by atoms with E-state index in [2.05, 4.69) is 11.3 Å². The first-order chi connectivity index (χ1) is 31.1. The van der Waals surface area contributed by atoms with Crippen molar-refractivity contribution in [1.82, 2.24) is 18.3 Å². The molecule has 0 atom stereocenters. The summed E-state index contributed by atoms with van der Waals surface area (Å²) in [6, 6.07) is 4.25. The van der Waals surface area contributed by atoms with Gasteiger partial charge >= 0.3 is 35.3 Å². The van der Waals surface area contributed by atoms with Crippen LogP contribution in [0.25, 0.3) is 11.4 Å². The Balaban J connectivity index is 0.000000252. The Morgan fingerprint density at radius 1 is 0.687 bits per heavy atom. The van der Waals surface area contributed by atoms with E-state index in [1.54, 1.807) is 0 Å². The van der Waals surface area contributed by atoms with Crippen LogP contribution < -0.4 is 32.0 Å². The molecule has 18 nitrogen and oxygen atoms in total. The molecule has 0 saturated heterocycles. The predicted octanol–water partition coefficient (Wildman–Crippen LogP) is 4.60. The molecule has 26 heteroatoms. The SMILES string of the molecule is C=CCOC(=O)COC(=O)C1(Oc2cc(-n3c(=O)cc(C(C)(F)F)n(C)c3=O)c(F)cc2Cl)CC1.Cn1c(C(C)(F)F)cc(=O)n(-c2cc(OC3(C(=O)OCC(=O)O)CC3)c(Cl)cc2F)c1=O. The van der Waals surface area contributed by atoms with E-state index in [0.29, 0.717) is 44.2 Å². The van der Waals surface area contributed by atoms with E-state index in [1.165, 1.54) is 6.08 Å². The summed E-state index contributed by atoms with van der Waals surface area (Å²) in [5.74, 6) is -13.9. The van der Waals surface area contributed by atoms with Crippen molar-refractivity contribution in [3.05, 3.63) is 124 Å². The fourth-order valence-electron chi connectivity index (χ4n) is 6.13. The second kappa shape index (κ2) is 19.2. The van der Waals surface area contributed by atoms with Gasteiger partial charge in [-0.1, -0.05) is 35.9 Å². The largest absolute Gasteiger partial charge is 0.479 e. The van der Waals surface area contributed by atoms with Gasteiger partial charge in [0.1, 0.15) is 29.7 Å². The zero-order chi connectivity index (χ0) is 50.1. The highest BCUT2D eigenvalue weighted by atomic mass is 35.5. The number of halogens is 8. The predicted molar refractivity (Wildman–Crippen MR) is 220 cm³/mol. The van der Waals surface area contributed by atoms with E-state index in [9.17, 15) is 64.7 Å². The van der Waals surface area contributed by atoms with E-state index >= 15 is 0 Å². The van der Waals surface area contributed by atoms with Crippen LogP contribution in [0.4, 0.5) is 26.3 Å². The lowest BCUT2D eigenvalue weighted by Gasteiger charge is -2.19. The summed E-state index contributed by atoms with van der Waals surface area (Å²) in [6.07, 6.45) is 1.99. The normalized spacial score (nSPS) is 14.4. The summed E-state index contributed by atoms with van der Waals surface area (Å²) in [5.41, 5.74) is -11.0. The number of rotatable bonds is 16. The highest BCUT2D eigenvalue weighted by Crippen LogP contribution is 2.45. The van der Waals surface area contributed by atoms with Gasteiger partial charge in [-0.15, -0.1) is 0 Å². The number of esters is 3. The van der Waals surface area contributed by atoms with Crippen LogP contribution in [0, 0.1) is 11.6 Å². The third kappa shape index (κ3) is 11.2. The molecule has 2 saturated carbocycles. The number of ether oxygens (including phenoxy) is 5. The lowest BCUT2D eigenvalue weighted by molar-refractivity contribution is -0.164. The second-order valence-corrected chi connectivity index (χ2v) is 15.9. The lowest BCUT2D eigenvalue weighted by Crippen LogP contribution is -2.41. The molecule has 0 unspecified atom stereocenters. The molecular weight excluding hydrogens is 957 g/mol. The third-order valence-electron chi connectivity index (χ3n) is 9.80. The number of aliphatic carboxylic acids is 1. The van der Waals surface area contributed by atoms with Gasteiger partial charge in [-0.05, 0) is 12.1 Å². The first-order valence-electron chi connectivity index (χ1n) is 19.2. The van der Waals surface area contributed by atoms with Gasteiger partial charge in [0.05, 0.1) is 32.8 Å². The van der Waals surface area contributed by atoms with Crippen LogP contribution >= 0.6 is 23.2 Å². The Labute approximate surface area is 382 Å². The summed E-state index contributed by atoms with van der Waals surface area (Å²) in [4.78, 5) is 96.9. The van der Waals surface area contributed by atoms with E-state index < -0.39 is 117 Å². The van der Waals surface area contributed by atoms with Crippen molar-refractivity contribution >= 4 is 47.1 Å². The van der Waals surface area contributed by atoms with Gasteiger partial charge in [-0.3, -0.25) is 18.7 Å². The van der Waals surface area contributed by atoms with Gasteiger partial charge in [0.2, 0.25) is 11.2 Å².